The average molecular weight is 503 g/mol. The van der Waals surface area contributed by atoms with Crippen molar-refractivity contribution in [2.24, 2.45) is 0 Å². The monoisotopic (exact) mass is 502 g/mol. The molecule has 192 valence electrons. The summed E-state index contributed by atoms with van der Waals surface area (Å²) in [6.07, 6.45) is 9.14. The standard InChI is InChI=1S/C26H30N8O3/c1-27-22-12-20(30-25-17(13-29-34(22)25)26(36)31-19-7-8-21(19)37-2)18-14-33(24-16(18)6-5-9-28-24)15-23(35)32-10-3-4-11-32/h5-6,9,12-14,19,21,27H,3-4,7-8,10-11,15H2,1-2H3,(H,31,36)/t19-,21-/m0/s1. The maximum Gasteiger partial charge on any atom is 0.257 e. The molecule has 0 unspecified atom stereocenters. The largest absolute Gasteiger partial charge is 0.379 e. The lowest BCUT2D eigenvalue weighted by Crippen LogP contribution is -2.51. The summed E-state index contributed by atoms with van der Waals surface area (Å²) in [5.41, 5.74) is 3.06. The van der Waals surface area contributed by atoms with E-state index in [0.29, 0.717) is 22.7 Å². The number of methoxy groups -OCH3 is 1. The number of aromatic nitrogens is 5. The third-order valence-electron chi connectivity index (χ3n) is 7.48. The first-order valence-electron chi connectivity index (χ1n) is 12.7. The van der Waals surface area contributed by atoms with Crippen LogP contribution in [0.2, 0.25) is 0 Å². The van der Waals surface area contributed by atoms with Crippen LogP contribution in [0.1, 0.15) is 36.0 Å². The fourth-order valence-electron chi connectivity index (χ4n) is 5.26. The molecule has 1 aliphatic heterocycles. The van der Waals surface area contributed by atoms with Crippen LogP contribution in [0.5, 0.6) is 0 Å². The van der Waals surface area contributed by atoms with Crippen molar-refractivity contribution in [1.29, 1.82) is 0 Å². The number of anilines is 1. The Balaban J connectivity index is 1.39. The SMILES string of the molecule is CNc1cc(-c2cn(CC(=O)N3CCCC3)c3ncccc23)nc2c(C(=O)N[C@H]3CC[C@@H]3OC)cnn12. The number of amides is 2. The maximum absolute atomic E-state index is 13.2. The quantitative estimate of drug-likeness (QED) is 0.398. The van der Waals surface area contributed by atoms with Gasteiger partial charge in [0.05, 0.1) is 24.0 Å². The molecule has 2 fully saturated rings. The topological polar surface area (TPSA) is 119 Å². The fraction of sp³-hybridized carbons (Fsp3) is 0.423. The molecule has 4 aromatic rings. The number of hydrogen-bond donors (Lipinski definition) is 2. The molecule has 0 radical (unpaired) electrons. The summed E-state index contributed by atoms with van der Waals surface area (Å²) >= 11 is 0. The number of fused-ring (bicyclic) bond motifs is 2. The third kappa shape index (κ3) is 4.08. The molecule has 4 aromatic heterocycles. The first kappa shape index (κ1) is 23.4. The minimum absolute atomic E-state index is 0.0170. The van der Waals surface area contributed by atoms with Crippen LogP contribution in [0.3, 0.4) is 0 Å². The molecule has 5 heterocycles. The molecule has 2 atom stereocenters. The van der Waals surface area contributed by atoms with Crippen molar-refractivity contribution in [3.63, 3.8) is 0 Å². The summed E-state index contributed by atoms with van der Waals surface area (Å²) in [5, 5.41) is 11.5. The van der Waals surface area contributed by atoms with Crippen LogP contribution in [0.25, 0.3) is 27.9 Å². The number of nitrogens with zero attached hydrogens (tertiary/aromatic N) is 6. The molecule has 1 aliphatic carbocycles. The van der Waals surface area contributed by atoms with Gasteiger partial charge in [0.2, 0.25) is 5.91 Å². The molecule has 1 saturated heterocycles. The minimum Gasteiger partial charge on any atom is -0.379 e. The van der Waals surface area contributed by atoms with E-state index >= 15 is 0 Å². The molecule has 0 aromatic carbocycles. The van der Waals surface area contributed by atoms with Crippen LogP contribution in [0.4, 0.5) is 5.82 Å². The van der Waals surface area contributed by atoms with Crippen molar-refractivity contribution in [3.05, 3.63) is 42.4 Å². The van der Waals surface area contributed by atoms with Crippen molar-refractivity contribution >= 4 is 34.3 Å². The van der Waals surface area contributed by atoms with Crippen molar-refractivity contribution in [2.75, 3.05) is 32.6 Å². The molecular weight excluding hydrogens is 472 g/mol. The Morgan fingerprint density at radius 2 is 2.03 bits per heavy atom. The van der Waals surface area contributed by atoms with Gasteiger partial charge in [0.1, 0.15) is 23.6 Å². The Labute approximate surface area is 213 Å². The van der Waals surface area contributed by atoms with Crippen molar-refractivity contribution < 1.29 is 14.3 Å². The Bertz CT molecular complexity index is 1480. The Morgan fingerprint density at radius 1 is 1.19 bits per heavy atom. The van der Waals surface area contributed by atoms with E-state index in [-0.39, 0.29) is 30.5 Å². The molecule has 1 saturated carbocycles. The van der Waals surface area contributed by atoms with Gasteiger partial charge in [-0.05, 0) is 37.8 Å². The van der Waals surface area contributed by atoms with Gasteiger partial charge in [0.15, 0.2) is 5.65 Å². The predicted octanol–water partition coefficient (Wildman–Crippen LogP) is 2.32. The number of carbonyl (C=O) groups excluding carboxylic acids is 2. The molecule has 2 N–H and O–H groups in total. The lowest BCUT2D eigenvalue weighted by atomic mass is 9.89. The highest BCUT2D eigenvalue weighted by atomic mass is 16.5. The third-order valence-corrected chi connectivity index (χ3v) is 7.48. The van der Waals surface area contributed by atoms with Gasteiger partial charge in [-0.15, -0.1) is 0 Å². The summed E-state index contributed by atoms with van der Waals surface area (Å²) in [6, 6.07) is 5.73. The Morgan fingerprint density at radius 3 is 2.76 bits per heavy atom. The summed E-state index contributed by atoms with van der Waals surface area (Å²) in [7, 11) is 3.46. The zero-order valence-corrected chi connectivity index (χ0v) is 21.0. The van der Waals surface area contributed by atoms with Crippen LogP contribution in [0.15, 0.2) is 36.8 Å². The number of pyridine rings is 1. The summed E-state index contributed by atoms with van der Waals surface area (Å²) < 4.78 is 8.94. The number of ether oxygens (including phenoxy) is 1. The van der Waals surface area contributed by atoms with Gasteiger partial charge in [0, 0.05) is 56.7 Å². The number of hydrogen-bond acceptors (Lipinski definition) is 7. The molecule has 0 bridgehead atoms. The van der Waals surface area contributed by atoms with Crippen molar-refractivity contribution in [3.8, 4) is 11.3 Å². The van der Waals surface area contributed by atoms with Crippen molar-refractivity contribution in [1.82, 2.24) is 34.4 Å². The lowest BCUT2D eigenvalue weighted by Gasteiger charge is -2.35. The van der Waals surface area contributed by atoms with Gasteiger partial charge >= 0.3 is 0 Å². The first-order valence-corrected chi connectivity index (χ1v) is 12.7. The van der Waals surface area contributed by atoms with Gasteiger partial charge < -0.3 is 24.8 Å². The summed E-state index contributed by atoms with van der Waals surface area (Å²) in [5.74, 6) is 0.551. The highest BCUT2D eigenvalue weighted by Crippen LogP contribution is 2.31. The van der Waals surface area contributed by atoms with E-state index in [0.717, 1.165) is 55.4 Å². The number of nitrogens with one attached hydrogen (secondary N) is 2. The normalized spacial score (nSPS) is 19.4. The van der Waals surface area contributed by atoms with Crippen LogP contribution in [-0.4, -0.2) is 80.3 Å². The molecule has 11 heteroatoms. The van der Waals surface area contributed by atoms with E-state index in [2.05, 4.69) is 20.7 Å². The predicted molar refractivity (Wildman–Crippen MR) is 138 cm³/mol. The molecule has 6 rings (SSSR count). The molecule has 0 spiro atoms. The number of likely N-dealkylation sites (tertiary alicyclic amines) is 1. The summed E-state index contributed by atoms with van der Waals surface area (Å²) in [4.78, 5) is 37.4. The minimum atomic E-state index is -0.228. The maximum atomic E-state index is 13.2. The molecule has 2 aliphatic rings. The van der Waals surface area contributed by atoms with Crippen LogP contribution < -0.4 is 10.6 Å². The van der Waals surface area contributed by atoms with Gasteiger partial charge in [-0.1, -0.05) is 0 Å². The zero-order chi connectivity index (χ0) is 25.5. The van der Waals surface area contributed by atoms with E-state index in [9.17, 15) is 9.59 Å². The zero-order valence-electron chi connectivity index (χ0n) is 21.0. The molecule has 2 amide bonds. The smallest absolute Gasteiger partial charge is 0.257 e. The van der Waals surface area contributed by atoms with Gasteiger partial charge in [-0.3, -0.25) is 9.59 Å². The van der Waals surface area contributed by atoms with E-state index in [1.54, 1.807) is 31.1 Å². The lowest BCUT2D eigenvalue weighted by molar-refractivity contribution is -0.130. The van der Waals surface area contributed by atoms with E-state index in [1.807, 2.05) is 33.9 Å². The molecule has 37 heavy (non-hydrogen) atoms. The Kier molecular flexibility index (Phi) is 5.99. The van der Waals surface area contributed by atoms with Gasteiger partial charge in [0.25, 0.3) is 5.91 Å². The van der Waals surface area contributed by atoms with Crippen LogP contribution >= 0.6 is 0 Å². The highest BCUT2D eigenvalue weighted by molar-refractivity contribution is 6.01. The number of carbonyl (C=O) groups is 2. The average Bonchev–Trinajstić information content (AvgIpc) is 3.65. The van der Waals surface area contributed by atoms with Crippen LogP contribution in [0, 0.1) is 0 Å². The van der Waals surface area contributed by atoms with E-state index < -0.39 is 0 Å². The molecule has 11 nitrogen and oxygen atoms in total. The second-order valence-corrected chi connectivity index (χ2v) is 9.63. The second-order valence-electron chi connectivity index (χ2n) is 9.63. The van der Waals surface area contributed by atoms with Crippen molar-refractivity contribution in [2.45, 2.75) is 44.4 Å². The fourth-order valence-corrected chi connectivity index (χ4v) is 5.26. The first-order chi connectivity index (χ1) is 18.1. The Hall–Kier alpha value is -3.99. The number of rotatable bonds is 7. The molecular formula is C26H30N8O3. The summed E-state index contributed by atoms with van der Waals surface area (Å²) in [6.45, 7) is 1.83. The highest BCUT2D eigenvalue weighted by Gasteiger charge is 2.33. The van der Waals surface area contributed by atoms with E-state index in [1.165, 1.54) is 0 Å². The van der Waals surface area contributed by atoms with Gasteiger partial charge in [-0.2, -0.15) is 9.61 Å². The van der Waals surface area contributed by atoms with E-state index in [4.69, 9.17) is 9.72 Å². The second kappa shape index (κ2) is 9.47. The van der Waals surface area contributed by atoms with Crippen LogP contribution in [-0.2, 0) is 16.1 Å². The van der Waals surface area contributed by atoms with Gasteiger partial charge in [-0.25, -0.2) is 9.97 Å².